The predicted octanol–water partition coefficient (Wildman–Crippen LogP) is 3.72. The first-order valence-electron chi connectivity index (χ1n) is 8.94. The lowest BCUT2D eigenvalue weighted by molar-refractivity contribution is 0.0396. The summed E-state index contributed by atoms with van der Waals surface area (Å²) >= 11 is 3.92. The summed E-state index contributed by atoms with van der Waals surface area (Å²) in [6, 6.07) is 0. The molecule has 4 rings (SSSR count). The lowest BCUT2D eigenvalue weighted by Crippen LogP contribution is -2.51. The molecule has 3 fully saturated rings. The van der Waals surface area contributed by atoms with Crippen LogP contribution in [0.2, 0.25) is 18.1 Å². The van der Waals surface area contributed by atoms with Crippen molar-refractivity contribution in [3.63, 3.8) is 0 Å². The Hall–Kier alpha value is 0.317. The van der Waals surface area contributed by atoms with Gasteiger partial charge < -0.3 is 14.3 Å². The number of hydrogen-bond acceptors (Lipinski definition) is 3. The Balaban J connectivity index is 1.69. The van der Waals surface area contributed by atoms with E-state index in [-0.39, 0.29) is 23.9 Å². The SMILES string of the molecule is CC(C)(C)[Si](C)(C)OC1C=C(CO)[C@H]2O[C@@H]3[C@H](Br)[C@@H]4C[C@H]3C2C14. The zero-order valence-corrected chi connectivity index (χ0v) is 17.3. The Kier molecular flexibility index (Phi) is 3.76. The van der Waals surface area contributed by atoms with Gasteiger partial charge in [-0.25, -0.2) is 0 Å². The predicted molar refractivity (Wildman–Crippen MR) is 97.2 cm³/mol. The summed E-state index contributed by atoms with van der Waals surface area (Å²) in [4.78, 5) is 0.454. The van der Waals surface area contributed by atoms with Gasteiger partial charge in [-0.15, -0.1) is 0 Å². The van der Waals surface area contributed by atoms with E-state index in [1.165, 1.54) is 6.42 Å². The third kappa shape index (κ3) is 2.23. The number of ether oxygens (including phenoxy) is 1. The fourth-order valence-corrected chi connectivity index (χ4v) is 7.57. The van der Waals surface area contributed by atoms with E-state index >= 15 is 0 Å². The van der Waals surface area contributed by atoms with Crippen molar-refractivity contribution in [3.8, 4) is 0 Å². The molecule has 0 aromatic heterocycles. The second kappa shape index (κ2) is 5.16. The Morgan fingerprint density at radius 1 is 1.30 bits per heavy atom. The van der Waals surface area contributed by atoms with Crippen molar-refractivity contribution in [2.45, 2.75) is 68.5 Å². The molecule has 1 heterocycles. The fourth-order valence-electron chi connectivity index (χ4n) is 5.22. The third-order valence-corrected chi connectivity index (χ3v) is 13.0. The van der Waals surface area contributed by atoms with Crippen molar-refractivity contribution in [2.75, 3.05) is 6.61 Å². The van der Waals surface area contributed by atoms with Crippen molar-refractivity contribution >= 4 is 24.2 Å². The summed E-state index contributed by atoms with van der Waals surface area (Å²) in [6.45, 7) is 11.7. The van der Waals surface area contributed by atoms with Gasteiger partial charge in [0.05, 0.1) is 24.9 Å². The lowest BCUT2D eigenvalue weighted by Gasteiger charge is -2.45. The lowest BCUT2D eigenvalue weighted by atomic mass is 9.70. The largest absolute Gasteiger partial charge is 0.410 e. The standard InChI is InChI=1S/C18H29BrO3Si/c1-18(2,3)23(4,5)22-12-6-9(8-20)16-14-11-7-10(13(12)14)15(19)17(11)21-16/h6,10-17,20H,7-8H2,1-5H3/t10-,11+,12?,13?,14?,15-,16-,17+/m1/s1. The first-order chi connectivity index (χ1) is 10.7. The molecule has 5 heteroatoms. The van der Waals surface area contributed by atoms with Gasteiger partial charge >= 0.3 is 0 Å². The van der Waals surface area contributed by atoms with Gasteiger partial charge in [0, 0.05) is 10.7 Å². The average Bonchev–Trinajstić information content (AvgIpc) is 3.06. The maximum Gasteiger partial charge on any atom is 0.192 e. The molecule has 2 saturated carbocycles. The van der Waals surface area contributed by atoms with E-state index in [0.717, 1.165) is 5.57 Å². The zero-order chi connectivity index (χ0) is 16.7. The zero-order valence-electron chi connectivity index (χ0n) is 14.8. The van der Waals surface area contributed by atoms with E-state index in [9.17, 15) is 5.11 Å². The monoisotopic (exact) mass is 400 g/mol. The van der Waals surface area contributed by atoms with Gasteiger partial charge in [0.2, 0.25) is 0 Å². The molecule has 2 bridgehead atoms. The molecule has 130 valence electrons. The summed E-state index contributed by atoms with van der Waals surface area (Å²) in [5.41, 5.74) is 1.06. The Labute approximate surface area is 149 Å². The molecule has 0 radical (unpaired) electrons. The molecule has 3 nitrogen and oxygen atoms in total. The van der Waals surface area contributed by atoms with Gasteiger partial charge in [0.25, 0.3) is 0 Å². The molecule has 3 unspecified atom stereocenters. The summed E-state index contributed by atoms with van der Waals surface area (Å²) in [6.07, 6.45) is 4.10. The van der Waals surface area contributed by atoms with Crippen molar-refractivity contribution < 1.29 is 14.3 Å². The van der Waals surface area contributed by atoms with Gasteiger partial charge in [0.1, 0.15) is 0 Å². The normalized spacial score (nSPS) is 48.0. The van der Waals surface area contributed by atoms with E-state index in [1.54, 1.807) is 0 Å². The molecule has 0 aromatic carbocycles. The number of aliphatic hydroxyl groups is 1. The quantitative estimate of drug-likeness (QED) is 0.445. The number of rotatable bonds is 3. The highest BCUT2D eigenvalue weighted by Crippen LogP contribution is 2.65. The van der Waals surface area contributed by atoms with Crippen molar-refractivity contribution in [1.82, 2.24) is 0 Å². The molecule has 1 N–H and O–H groups in total. The summed E-state index contributed by atoms with van der Waals surface area (Å²) < 4.78 is 13.2. The van der Waals surface area contributed by atoms with E-state index < -0.39 is 8.32 Å². The van der Waals surface area contributed by atoms with Crippen LogP contribution in [0.1, 0.15) is 27.2 Å². The van der Waals surface area contributed by atoms with Gasteiger partial charge in [0.15, 0.2) is 8.32 Å². The van der Waals surface area contributed by atoms with E-state index in [4.69, 9.17) is 9.16 Å². The van der Waals surface area contributed by atoms with Crippen LogP contribution in [-0.4, -0.2) is 43.2 Å². The molecular weight excluding hydrogens is 372 g/mol. The van der Waals surface area contributed by atoms with Crippen LogP contribution in [-0.2, 0) is 9.16 Å². The second-order valence-corrected chi connectivity index (χ2v) is 15.2. The van der Waals surface area contributed by atoms with Crippen LogP contribution in [0.15, 0.2) is 11.6 Å². The van der Waals surface area contributed by atoms with E-state index in [1.807, 2.05) is 0 Å². The van der Waals surface area contributed by atoms with Crippen LogP contribution in [0.3, 0.4) is 0 Å². The van der Waals surface area contributed by atoms with Gasteiger partial charge in [-0.3, -0.25) is 0 Å². The minimum Gasteiger partial charge on any atom is -0.410 e. The molecule has 0 spiro atoms. The maximum atomic E-state index is 9.87. The second-order valence-electron chi connectivity index (χ2n) is 9.43. The van der Waals surface area contributed by atoms with Crippen LogP contribution in [0, 0.1) is 23.7 Å². The third-order valence-electron chi connectivity index (χ3n) is 7.32. The highest BCUT2D eigenvalue weighted by molar-refractivity contribution is 9.09. The molecule has 0 amide bonds. The number of alkyl halides is 1. The van der Waals surface area contributed by atoms with Crippen LogP contribution >= 0.6 is 15.9 Å². The highest BCUT2D eigenvalue weighted by Gasteiger charge is 2.68. The molecule has 1 saturated heterocycles. The van der Waals surface area contributed by atoms with Crippen LogP contribution < -0.4 is 0 Å². The first kappa shape index (κ1) is 16.8. The van der Waals surface area contributed by atoms with Gasteiger partial charge in [-0.1, -0.05) is 42.8 Å². The molecule has 4 aliphatic rings. The Morgan fingerprint density at radius 2 is 2.00 bits per heavy atom. The van der Waals surface area contributed by atoms with Crippen molar-refractivity contribution in [3.05, 3.63) is 11.6 Å². The van der Waals surface area contributed by atoms with E-state index in [2.05, 4.69) is 55.9 Å². The minimum absolute atomic E-state index is 0.0995. The number of fused-ring (bicyclic) bond motifs is 2. The van der Waals surface area contributed by atoms with Crippen LogP contribution in [0.5, 0.6) is 0 Å². The topological polar surface area (TPSA) is 38.7 Å². The highest BCUT2D eigenvalue weighted by atomic mass is 79.9. The van der Waals surface area contributed by atoms with Crippen molar-refractivity contribution in [2.24, 2.45) is 23.7 Å². The molecule has 3 aliphatic carbocycles. The maximum absolute atomic E-state index is 9.87. The van der Waals surface area contributed by atoms with Gasteiger partial charge in [-0.2, -0.15) is 0 Å². The molecule has 23 heavy (non-hydrogen) atoms. The van der Waals surface area contributed by atoms with Gasteiger partial charge in [-0.05, 0) is 47.9 Å². The Morgan fingerprint density at radius 3 is 2.61 bits per heavy atom. The first-order valence-corrected chi connectivity index (χ1v) is 12.8. The molecule has 1 aliphatic heterocycles. The number of halogens is 1. The van der Waals surface area contributed by atoms with Crippen molar-refractivity contribution in [1.29, 1.82) is 0 Å². The Bertz CT molecular complexity index is 541. The van der Waals surface area contributed by atoms with E-state index in [0.29, 0.717) is 34.6 Å². The summed E-state index contributed by atoms with van der Waals surface area (Å²) in [5, 5.41) is 10.1. The fraction of sp³-hybridized carbons (Fsp3) is 0.889. The molecular formula is C18H29BrO3Si. The number of hydrogen-bond donors (Lipinski definition) is 1. The smallest absolute Gasteiger partial charge is 0.192 e. The minimum atomic E-state index is -1.83. The summed E-state index contributed by atoms with van der Waals surface area (Å²) in [7, 11) is -1.83. The average molecular weight is 401 g/mol. The van der Waals surface area contributed by atoms with Crippen LogP contribution in [0.25, 0.3) is 0 Å². The summed E-state index contributed by atoms with van der Waals surface area (Å²) in [5.74, 6) is 2.42. The molecule has 8 atom stereocenters. The van der Waals surface area contributed by atoms with Crippen LogP contribution in [0.4, 0.5) is 0 Å². The molecule has 0 aromatic rings. The number of aliphatic hydroxyl groups excluding tert-OH is 1.